The largest absolute Gasteiger partial charge is 0.337 e. The van der Waals surface area contributed by atoms with Gasteiger partial charge in [-0.05, 0) is 18.1 Å². The Morgan fingerprint density at radius 3 is 2.57 bits per heavy atom. The van der Waals surface area contributed by atoms with Crippen molar-refractivity contribution in [3.8, 4) is 0 Å². The summed E-state index contributed by atoms with van der Waals surface area (Å²) in [5, 5.41) is 0. The molecule has 3 nitrogen and oxygen atoms in total. The Morgan fingerprint density at radius 1 is 1.09 bits per heavy atom. The number of halogens is 2. The van der Waals surface area contributed by atoms with Gasteiger partial charge in [0.15, 0.2) is 0 Å². The summed E-state index contributed by atoms with van der Waals surface area (Å²) >= 11 is 13.3. The molecular weight excluding hydrogens is 351 g/mol. The molecule has 1 aromatic carbocycles. The lowest BCUT2D eigenvalue weighted by molar-refractivity contribution is 0.0762. The molecule has 0 atom stereocenters. The minimum atomic E-state index is -0.0142. The van der Waals surface area contributed by atoms with Crippen LogP contribution in [-0.2, 0) is 6.54 Å². The first-order valence-electron chi connectivity index (χ1n) is 7.64. The Hall–Kier alpha value is -1.07. The topological polar surface area (TPSA) is 23.6 Å². The van der Waals surface area contributed by atoms with Crippen molar-refractivity contribution < 1.29 is 4.79 Å². The van der Waals surface area contributed by atoms with Crippen molar-refractivity contribution in [1.29, 1.82) is 0 Å². The van der Waals surface area contributed by atoms with Crippen LogP contribution in [0.5, 0.6) is 0 Å². The number of amides is 1. The van der Waals surface area contributed by atoms with Gasteiger partial charge in [-0.15, -0.1) is 11.3 Å². The van der Waals surface area contributed by atoms with Crippen LogP contribution in [0.4, 0.5) is 0 Å². The van der Waals surface area contributed by atoms with Crippen LogP contribution < -0.4 is 0 Å². The van der Waals surface area contributed by atoms with Gasteiger partial charge in [0.1, 0.15) is 4.34 Å². The number of benzene rings is 1. The normalized spacial score (nSPS) is 16.3. The molecule has 1 saturated heterocycles. The zero-order valence-corrected chi connectivity index (χ0v) is 15.0. The van der Waals surface area contributed by atoms with E-state index in [0.29, 0.717) is 14.2 Å². The van der Waals surface area contributed by atoms with Crippen LogP contribution in [0.3, 0.4) is 0 Å². The molecule has 0 bridgehead atoms. The number of thiophene rings is 1. The second-order valence-electron chi connectivity index (χ2n) is 5.65. The molecule has 1 aromatic heterocycles. The van der Waals surface area contributed by atoms with E-state index < -0.39 is 0 Å². The lowest BCUT2D eigenvalue weighted by atomic mass is 10.2. The van der Waals surface area contributed by atoms with Crippen molar-refractivity contribution >= 4 is 40.4 Å². The third-order valence-corrected chi connectivity index (χ3v) is 5.50. The molecule has 0 N–H and O–H groups in total. The van der Waals surface area contributed by atoms with E-state index in [-0.39, 0.29) is 5.91 Å². The van der Waals surface area contributed by atoms with Crippen molar-refractivity contribution in [3.63, 3.8) is 0 Å². The van der Waals surface area contributed by atoms with Gasteiger partial charge >= 0.3 is 0 Å². The molecule has 23 heavy (non-hydrogen) atoms. The SMILES string of the molecule is O=C(c1cc(Cl)sc1Cl)N1CCCN(Cc2ccccc2)CC1. The van der Waals surface area contributed by atoms with Gasteiger partial charge in [0.25, 0.3) is 5.91 Å². The summed E-state index contributed by atoms with van der Waals surface area (Å²) in [5.41, 5.74) is 1.83. The molecule has 1 fully saturated rings. The number of rotatable bonds is 3. The lowest BCUT2D eigenvalue weighted by Gasteiger charge is -2.22. The number of hydrogen-bond acceptors (Lipinski definition) is 3. The summed E-state index contributed by atoms with van der Waals surface area (Å²) in [5.74, 6) is -0.0142. The van der Waals surface area contributed by atoms with Gasteiger partial charge < -0.3 is 4.90 Å². The van der Waals surface area contributed by atoms with Gasteiger partial charge in [-0.1, -0.05) is 53.5 Å². The van der Waals surface area contributed by atoms with Crippen LogP contribution in [0.2, 0.25) is 8.67 Å². The summed E-state index contributed by atoms with van der Waals surface area (Å²) in [6.45, 7) is 4.27. The van der Waals surface area contributed by atoms with Crippen LogP contribution in [0.1, 0.15) is 22.3 Å². The molecule has 0 unspecified atom stereocenters. The molecule has 6 heteroatoms. The van der Waals surface area contributed by atoms with Crippen molar-refractivity contribution in [2.24, 2.45) is 0 Å². The van der Waals surface area contributed by atoms with Crippen molar-refractivity contribution in [3.05, 3.63) is 56.2 Å². The van der Waals surface area contributed by atoms with Crippen LogP contribution in [0.25, 0.3) is 0 Å². The quantitative estimate of drug-likeness (QED) is 0.801. The van der Waals surface area contributed by atoms with Gasteiger partial charge in [-0.2, -0.15) is 0 Å². The molecule has 122 valence electrons. The fourth-order valence-corrected chi connectivity index (χ4v) is 4.28. The van der Waals surface area contributed by atoms with Gasteiger partial charge in [0.05, 0.1) is 9.90 Å². The molecule has 2 heterocycles. The second-order valence-corrected chi connectivity index (χ2v) is 7.93. The highest BCUT2D eigenvalue weighted by molar-refractivity contribution is 7.20. The molecule has 1 aliphatic heterocycles. The van der Waals surface area contributed by atoms with Crippen LogP contribution >= 0.6 is 34.5 Å². The van der Waals surface area contributed by atoms with Gasteiger partial charge in [0, 0.05) is 32.7 Å². The van der Waals surface area contributed by atoms with E-state index in [9.17, 15) is 4.79 Å². The first-order valence-corrected chi connectivity index (χ1v) is 9.21. The molecule has 1 aliphatic rings. The lowest BCUT2D eigenvalue weighted by Crippen LogP contribution is -2.35. The van der Waals surface area contributed by atoms with E-state index in [1.807, 2.05) is 11.0 Å². The highest BCUT2D eigenvalue weighted by atomic mass is 35.5. The summed E-state index contributed by atoms with van der Waals surface area (Å²) in [4.78, 5) is 16.9. The first-order chi connectivity index (χ1) is 11.1. The molecular formula is C17H18Cl2N2OS. The van der Waals surface area contributed by atoms with Gasteiger partial charge in [0.2, 0.25) is 0 Å². The second kappa shape index (κ2) is 7.67. The van der Waals surface area contributed by atoms with E-state index in [0.717, 1.165) is 39.1 Å². The fraction of sp³-hybridized carbons (Fsp3) is 0.353. The molecule has 1 amide bonds. The maximum absolute atomic E-state index is 12.6. The molecule has 0 aliphatic carbocycles. The third kappa shape index (κ3) is 4.27. The van der Waals surface area contributed by atoms with Crippen LogP contribution in [0, 0.1) is 0 Å². The molecule has 3 rings (SSSR count). The maximum atomic E-state index is 12.6. The number of carbonyl (C=O) groups is 1. The number of nitrogens with zero attached hydrogens (tertiary/aromatic N) is 2. The first kappa shape index (κ1) is 16.8. The van der Waals surface area contributed by atoms with Gasteiger partial charge in [-0.3, -0.25) is 9.69 Å². The predicted molar refractivity (Wildman–Crippen MR) is 96.6 cm³/mol. The van der Waals surface area contributed by atoms with E-state index in [1.54, 1.807) is 6.07 Å². The van der Waals surface area contributed by atoms with Crippen LogP contribution in [0.15, 0.2) is 36.4 Å². The summed E-state index contributed by atoms with van der Waals surface area (Å²) in [7, 11) is 0. The monoisotopic (exact) mass is 368 g/mol. The fourth-order valence-electron chi connectivity index (χ4n) is 2.83. The zero-order valence-electron chi connectivity index (χ0n) is 12.7. The standard InChI is InChI=1S/C17H18Cl2N2OS/c18-15-11-14(16(19)23-15)17(22)21-8-4-7-20(9-10-21)12-13-5-2-1-3-6-13/h1-3,5-6,11H,4,7-10,12H2. The Bertz CT molecular complexity index is 674. The van der Waals surface area contributed by atoms with Crippen molar-refractivity contribution in [1.82, 2.24) is 9.80 Å². The Kier molecular flexibility index (Phi) is 5.59. The number of carbonyl (C=O) groups excluding carboxylic acids is 1. The summed E-state index contributed by atoms with van der Waals surface area (Å²) in [6.07, 6.45) is 0.966. The summed E-state index contributed by atoms with van der Waals surface area (Å²) < 4.78 is 1.03. The average Bonchev–Trinajstić information content (AvgIpc) is 2.74. The van der Waals surface area contributed by atoms with E-state index in [1.165, 1.54) is 16.9 Å². The Morgan fingerprint density at radius 2 is 1.87 bits per heavy atom. The van der Waals surface area contributed by atoms with E-state index in [4.69, 9.17) is 23.2 Å². The molecule has 0 radical (unpaired) electrons. The van der Waals surface area contributed by atoms with Crippen molar-refractivity contribution in [2.75, 3.05) is 26.2 Å². The highest BCUT2D eigenvalue weighted by Gasteiger charge is 2.23. The zero-order chi connectivity index (χ0) is 16.2. The third-order valence-electron chi connectivity index (χ3n) is 4.01. The predicted octanol–water partition coefficient (Wildman–Crippen LogP) is 4.40. The number of hydrogen-bond donors (Lipinski definition) is 0. The summed E-state index contributed by atoms with van der Waals surface area (Å²) in [6, 6.07) is 12.1. The minimum absolute atomic E-state index is 0.0142. The van der Waals surface area contributed by atoms with Crippen molar-refractivity contribution in [2.45, 2.75) is 13.0 Å². The Labute approximate surface area is 150 Å². The smallest absolute Gasteiger partial charge is 0.256 e. The Balaban J connectivity index is 1.62. The van der Waals surface area contributed by atoms with E-state index in [2.05, 4.69) is 29.2 Å². The van der Waals surface area contributed by atoms with Crippen LogP contribution in [-0.4, -0.2) is 41.9 Å². The highest BCUT2D eigenvalue weighted by Crippen LogP contribution is 2.32. The van der Waals surface area contributed by atoms with E-state index >= 15 is 0 Å². The minimum Gasteiger partial charge on any atom is -0.337 e. The molecule has 0 saturated carbocycles. The molecule has 2 aromatic rings. The molecule has 0 spiro atoms. The van der Waals surface area contributed by atoms with Gasteiger partial charge in [-0.25, -0.2) is 0 Å². The maximum Gasteiger partial charge on any atom is 0.256 e. The average molecular weight is 369 g/mol.